The van der Waals surface area contributed by atoms with Crippen LogP contribution in [0.5, 0.6) is 0 Å². The van der Waals surface area contributed by atoms with Crippen LogP contribution in [0.3, 0.4) is 0 Å². The number of nitrogens with zero attached hydrogens (tertiary/aromatic N) is 1. The van der Waals surface area contributed by atoms with Gasteiger partial charge in [-0.25, -0.2) is 9.18 Å². The lowest BCUT2D eigenvalue weighted by atomic mass is 9.76. The lowest BCUT2D eigenvalue weighted by Crippen LogP contribution is -2.44. The van der Waals surface area contributed by atoms with Crippen molar-refractivity contribution < 1.29 is 22.4 Å². The van der Waals surface area contributed by atoms with Gasteiger partial charge in [0.1, 0.15) is 5.82 Å². The second kappa shape index (κ2) is 9.60. The molecule has 4 aromatic rings. The smallest absolute Gasteiger partial charge is 0.334 e. The molecule has 2 atom stereocenters. The van der Waals surface area contributed by atoms with Crippen molar-refractivity contribution in [3.63, 3.8) is 0 Å². The number of carbonyl (C=O) groups is 1. The molecule has 3 aromatic carbocycles. The first-order chi connectivity index (χ1) is 17.3. The Labute approximate surface area is 205 Å². The molecule has 0 radical (unpaired) electrons. The summed E-state index contributed by atoms with van der Waals surface area (Å²) in [6.07, 6.45) is 0.531. The minimum absolute atomic E-state index is 0.228. The van der Waals surface area contributed by atoms with Crippen LogP contribution in [-0.4, -0.2) is 17.1 Å². The summed E-state index contributed by atoms with van der Waals surface area (Å²) in [6, 6.07) is 16.3. The van der Waals surface area contributed by atoms with Gasteiger partial charge in [-0.2, -0.15) is 13.2 Å². The van der Waals surface area contributed by atoms with Crippen LogP contribution in [0.15, 0.2) is 79.1 Å². The van der Waals surface area contributed by atoms with Gasteiger partial charge in [0.2, 0.25) is 0 Å². The molecule has 8 heteroatoms. The normalized spacial score (nSPS) is 17.4. The second-order valence-electron chi connectivity index (χ2n) is 8.99. The van der Waals surface area contributed by atoms with E-state index in [0.717, 1.165) is 34.0 Å². The number of aryl methyl sites for hydroxylation is 1. The summed E-state index contributed by atoms with van der Waals surface area (Å²) in [4.78, 5) is 17.1. The Morgan fingerprint density at radius 1 is 1.03 bits per heavy atom. The van der Waals surface area contributed by atoms with Crippen molar-refractivity contribution in [1.29, 1.82) is 0 Å². The van der Waals surface area contributed by atoms with Gasteiger partial charge in [0.25, 0.3) is 0 Å². The topological polar surface area (TPSA) is 54.0 Å². The minimum atomic E-state index is -4.41. The first kappa shape index (κ1) is 23.8. The van der Waals surface area contributed by atoms with Crippen LogP contribution in [0.4, 0.5) is 28.0 Å². The fourth-order valence-electron chi connectivity index (χ4n) is 4.95. The van der Waals surface area contributed by atoms with Gasteiger partial charge in [-0.1, -0.05) is 30.3 Å². The van der Waals surface area contributed by atoms with Crippen molar-refractivity contribution in [2.24, 2.45) is 0 Å². The third kappa shape index (κ3) is 5.03. The molecule has 0 aliphatic heterocycles. The van der Waals surface area contributed by atoms with E-state index in [-0.39, 0.29) is 23.8 Å². The molecule has 1 aliphatic rings. The number of anilines is 1. The van der Waals surface area contributed by atoms with Crippen LogP contribution in [0.1, 0.15) is 34.6 Å². The van der Waals surface area contributed by atoms with E-state index < -0.39 is 11.7 Å². The van der Waals surface area contributed by atoms with E-state index in [2.05, 4.69) is 15.6 Å². The SMILES string of the molecule is O=C(Nc1cccc2cnccc12)N[C@H]1CCc2cc(F)ccc2[C@H]1Cc1ccc(C(F)(F)F)cc1. The summed E-state index contributed by atoms with van der Waals surface area (Å²) in [5, 5.41) is 7.71. The van der Waals surface area contributed by atoms with E-state index >= 15 is 0 Å². The van der Waals surface area contributed by atoms with Crippen LogP contribution in [-0.2, 0) is 19.0 Å². The van der Waals surface area contributed by atoms with Crippen molar-refractivity contribution in [1.82, 2.24) is 10.3 Å². The maximum absolute atomic E-state index is 13.9. The molecule has 0 fully saturated rings. The lowest BCUT2D eigenvalue weighted by Gasteiger charge is -2.34. The van der Waals surface area contributed by atoms with Crippen LogP contribution >= 0.6 is 0 Å². The molecule has 0 saturated carbocycles. The van der Waals surface area contributed by atoms with E-state index in [0.29, 0.717) is 30.5 Å². The molecule has 0 saturated heterocycles. The number of pyridine rings is 1. The van der Waals surface area contributed by atoms with Gasteiger partial charge in [0.15, 0.2) is 0 Å². The summed E-state index contributed by atoms with van der Waals surface area (Å²) in [7, 11) is 0. The zero-order valence-electron chi connectivity index (χ0n) is 19.1. The quantitative estimate of drug-likeness (QED) is 0.305. The number of hydrogen-bond donors (Lipinski definition) is 2. The Morgan fingerprint density at radius 3 is 2.61 bits per heavy atom. The highest BCUT2D eigenvalue weighted by Crippen LogP contribution is 2.36. The van der Waals surface area contributed by atoms with E-state index in [1.165, 1.54) is 24.3 Å². The number of aromatic nitrogens is 1. The maximum Gasteiger partial charge on any atom is 0.416 e. The summed E-state index contributed by atoms with van der Waals surface area (Å²) in [5.74, 6) is -0.565. The fourth-order valence-corrected chi connectivity index (χ4v) is 4.95. The Morgan fingerprint density at radius 2 is 1.83 bits per heavy atom. The number of amides is 2. The molecule has 36 heavy (non-hydrogen) atoms. The van der Waals surface area contributed by atoms with Crippen LogP contribution in [0, 0.1) is 5.82 Å². The molecule has 1 aromatic heterocycles. The zero-order valence-corrected chi connectivity index (χ0v) is 19.1. The van der Waals surface area contributed by atoms with Gasteiger partial charge in [0.05, 0.1) is 11.3 Å². The van der Waals surface area contributed by atoms with E-state index in [1.807, 2.05) is 18.2 Å². The standard InChI is InChI=1S/C28H23F4N3O/c29-21-9-10-22-18(15-21)6-11-26(24(22)14-17-4-7-20(8-5-17)28(30,31)32)35-27(36)34-25-3-1-2-19-16-33-13-12-23(19)25/h1-5,7-10,12-13,15-16,24,26H,6,11,14H2,(H2,34,35,36)/t24-,26+/m1/s1. The highest BCUT2D eigenvalue weighted by atomic mass is 19.4. The van der Waals surface area contributed by atoms with Crippen LogP contribution in [0.25, 0.3) is 10.8 Å². The predicted molar refractivity (Wildman–Crippen MR) is 130 cm³/mol. The molecule has 4 nitrogen and oxygen atoms in total. The number of benzene rings is 3. The second-order valence-corrected chi connectivity index (χ2v) is 8.99. The van der Waals surface area contributed by atoms with Crippen LogP contribution < -0.4 is 10.6 Å². The highest BCUT2D eigenvalue weighted by molar-refractivity contribution is 6.01. The molecule has 0 bridgehead atoms. The van der Waals surface area contributed by atoms with Crippen molar-refractivity contribution in [2.75, 3.05) is 5.32 Å². The van der Waals surface area contributed by atoms with E-state index in [9.17, 15) is 22.4 Å². The average Bonchev–Trinajstić information content (AvgIpc) is 2.85. The molecule has 1 heterocycles. The number of nitrogens with one attached hydrogen (secondary N) is 2. The number of hydrogen-bond acceptors (Lipinski definition) is 2. The van der Waals surface area contributed by atoms with Gasteiger partial charge in [0, 0.05) is 35.1 Å². The highest BCUT2D eigenvalue weighted by Gasteiger charge is 2.33. The summed E-state index contributed by atoms with van der Waals surface area (Å²) < 4.78 is 52.9. The average molecular weight is 494 g/mol. The van der Waals surface area contributed by atoms with E-state index in [4.69, 9.17) is 0 Å². The monoisotopic (exact) mass is 493 g/mol. The van der Waals surface area contributed by atoms with Gasteiger partial charge >= 0.3 is 12.2 Å². The lowest BCUT2D eigenvalue weighted by molar-refractivity contribution is -0.137. The molecule has 1 aliphatic carbocycles. The summed E-state index contributed by atoms with van der Waals surface area (Å²) >= 11 is 0. The Balaban J connectivity index is 1.39. The Hall–Kier alpha value is -3.94. The minimum Gasteiger partial charge on any atom is -0.334 e. The van der Waals surface area contributed by atoms with Gasteiger partial charge in [-0.3, -0.25) is 4.98 Å². The Bertz CT molecular complexity index is 1400. The molecule has 0 spiro atoms. The van der Waals surface area contributed by atoms with Crippen molar-refractivity contribution in [2.45, 2.75) is 37.4 Å². The molecule has 0 unspecified atom stereocenters. The third-order valence-electron chi connectivity index (χ3n) is 6.70. The van der Waals surface area contributed by atoms with Gasteiger partial charge in [-0.15, -0.1) is 0 Å². The van der Waals surface area contributed by atoms with Crippen LogP contribution in [0.2, 0.25) is 0 Å². The van der Waals surface area contributed by atoms with Crippen molar-refractivity contribution >= 4 is 22.5 Å². The largest absolute Gasteiger partial charge is 0.416 e. The van der Waals surface area contributed by atoms with Gasteiger partial charge < -0.3 is 10.6 Å². The molecular weight excluding hydrogens is 470 g/mol. The molecule has 184 valence electrons. The molecular formula is C28H23F4N3O. The molecule has 2 amide bonds. The number of fused-ring (bicyclic) bond motifs is 2. The number of urea groups is 1. The molecule has 2 N–H and O–H groups in total. The first-order valence-corrected chi connectivity index (χ1v) is 11.6. The van der Waals surface area contributed by atoms with Gasteiger partial charge in [-0.05, 0) is 72.4 Å². The number of rotatable bonds is 4. The number of alkyl halides is 3. The number of carbonyl (C=O) groups excluding carboxylic acids is 1. The fraction of sp³-hybridized carbons (Fsp3) is 0.214. The molecule has 5 rings (SSSR count). The third-order valence-corrected chi connectivity index (χ3v) is 6.70. The zero-order chi connectivity index (χ0) is 25.3. The van der Waals surface area contributed by atoms with Crippen molar-refractivity contribution in [3.8, 4) is 0 Å². The predicted octanol–water partition coefficient (Wildman–Crippen LogP) is 6.86. The summed E-state index contributed by atoms with van der Waals surface area (Å²) in [5.41, 5.74) is 2.39. The first-order valence-electron chi connectivity index (χ1n) is 11.6. The Kier molecular flexibility index (Phi) is 6.35. The summed E-state index contributed by atoms with van der Waals surface area (Å²) in [6.45, 7) is 0. The number of halogens is 4. The van der Waals surface area contributed by atoms with Crippen molar-refractivity contribution in [3.05, 3.63) is 107 Å². The maximum atomic E-state index is 13.9. The van der Waals surface area contributed by atoms with E-state index in [1.54, 1.807) is 24.5 Å².